The molecule has 0 saturated carbocycles. The second-order valence-electron chi connectivity index (χ2n) is 4.06. The first-order valence-corrected chi connectivity index (χ1v) is 7.02. The Hall–Kier alpha value is -1.46. The summed E-state index contributed by atoms with van der Waals surface area (Å²) in [7, 11) is 0. The summed E-state index contributed by atoms with van der Waals surface area (Å²) in [6.45, 7) is 5.67. The van der Waals surface area contributed by atoms with E-state index in [2.05, 4.69) is 10.6 Å². The third-order valence-electron chi connectivity index (χ3n) is 2.44. The van der Waals surface area contributed by atoms with Crippen LogP contribution in [0.3, 0.4) is 0 Å². The lowest BCUT2D eigenvalue weighted by atomic mass is 10.1. The predicted molar refractivity (Wildman–Crippen MR) is 73.1 cm³/mol. The summed E-state index contributed by atoms with van der Waals surface area (Å²) in [4.78, 5) is 21.9. The van der Waals surface area contributed by atoms with Crippen LogP contribution in [0.5, 0.6) is 0 Å². The van der Waals surface area contributed by atoms with Crippen molar-refractivity contribution >= 4 is 12.2 Å². The van der Waals surface area contributed by atoms with E-state index in [9.17, 15) is 9.59 Å². The molecular formula is C13H26N2O4. The molecular weight excluding hydrogens is 248 g/mol. The van der Waals surface area contributed by atoms with Crippen LogP contribution in [0.1, 0.15) is 46.0 Å². The first-order valence-electron chi connectivity index (χ1n) is 7.02. The molecule has 6 nitrogen and oxygen atoms in total. The van der Waals surface area contributed by atoms with Gasteiger partial charge in [0.25, 0.3) is 0 Å². The molecule has 0 aromatic rings. The Morgan fingerprint density at radius 2 is 1.11 bits per heavy atom. The van der Waals surface area contributed by atoms with Gasteiger partial charge in [-0.1, -0.05) is 19.3 Å². The van der Waals surface area contributed by atoms with Crippen LogP contribution in [-0.4, -0.2) is 38.5 Å². The Morgan fingerprint density at radius 3 is 1.47 bits per heavy atom. The van der Waals surface area contributed by atoms with E-state index in [4.69, 9.17) is 9.47 Å². The van der Waals surface area contributed by atoms with Gasteiger partial charge in [0.15, 0.2) is 0 Å². The highest BCUT2D eigenvalue weighted by atomic mass is 16.5. The highest BCUT2D eigenvalue weighted by molar-refractivity contribution is 5.67. The molecule has 112 valence electrons. The van der Waals surface area contributed by atoms with Gasteiger partial charge in [0.05, 0.1) is 13.2 Å². The number of nitrogens with one attached hydrogen (secondary N) is 2. The van der Waals surface area contributed by atoms with Crippen LogP contribution in [0.15, 0.2) is 0 Å². The number of hydrogen-bond donors (Lipinski definition) is 2. The SMILES string of the molecule is CCOC(=O)NCCCCCCCNC(=O)OCC. The number of ether oxygens (including phenoxy) is 2. The summed E-state index contributed by atoms with van der Waals surface area (Å²) in [6, 6.07) is 0. The smallest absolute Gasteiger partial charge is 0.407 e. The normalized spacial score (nSPS) is 9.79. The van der Waals surface area contributed by atoms with E-state index in [1.807, 2.05) is 0 Å². The fourth-order valence-electron chi connectivity index (χ4n) is 1.53. The second-order valence-corrected chi connectivity index (χ2v) is 4.06. The Labute approximate surface area is 115 Å². The van der Waals surface area contributed by atoms with Gasteiger partial charge in [-0.25, -0.2) is 9.59 Å². The van der Waals surface area contributed by atoms with Crippen molar-refractivity contribution in [3.8, 4) is 0 Å². The maximum atomic E-state index is 10.9. The van der Waals surface area contributed by atoms with Crippen molar-refractivity contribution in [3.05, 3.63) is 0 Å². The molecule has 6 heteroatoms. The van der Waals surface area contributed by atoms with Gasteiger partial charge in [-0.3, -0.25) is 0 Å². The Bertz CT molecular complexity index is 223. The number of hydrogen-bond acceptors (Lipinski definition) is 4. The van der Waals surface area contributed by atoms with Crippen molar-refractivity contribution in [2.75, 3.05) is 26.3 Å². The molecule has 0 aliphatic heterocycles. The fourth-order valence-corrected chi connectivity index (χ4v) is 1.53. The molecule has 0 heterocycles. The monoisotopic (exact) mass is 274 g/mol. The Balaban J connectivity index is 3.15. The highest BCUT2D eigenvalue weighted by Gasteiger charge is 1.99. The minimum Gasteiger partial charge on any atom is -0.450 e. The van der Waals surface area contributed by atoms with Crippen molar-refractivity contribution in [1.29, 1.82) is 0 Å². The lowest BCUT2D eigenvalue weighted by Gasteiger charge is -2.06. The maximum Gasteiger partial charge on any atom is 0.407 e. The zero-order valence-electron chi connectivity index (χ0n) is 12.0. The molecule has 0 fully saturated rings. The summed E-state index contributed by atoms with van der Waals surface area (Å²) in [5.41, 5.74) is 0. The van der Waals surface area contributed by atoms with Gasteiger partial charge in [-0.2, -0.15) is 0 Å². The number of rotatable bonds is 10. The number of carbonyl (C=O) groups excluding carboxylic acids is 2. The average molecular weight is 274 g/mol. The van der Waals surface area contributed by atoms with Crippen molar-refractivity contribution in [2.45, 2.75) is 46.0 Å². The fraction of sp³-hybridized carbons (Fsp3) is 0.846. The molecule has 0 spiro atoms. The van der Waals surface area contributed by atoms with Crippen LogP contribution in [-0.2, 0) is 9.47 Å². The minimum absolute atomic E-state index is 0.346. The molecule has 0 aromatic heterocycles. The maximum absolute atomic E-state index is 10.9. The molecule has 2 amide bonds. The van der Waals surface area contributed by atoms with Crippen molar-refractivity contribution < 1.29 is 19.1 Å². The molecule has 0 aliphatic rings. The summed E-state index contributed by atoms with van der Waals surface area (Å²) >= 11 is 0. The van der Waals surface area contributed by atoms with Gasteiger partial charge in [-0.15, -0.1) is 0 Å². The molecule has 0 aliphatic carbocycles. The van der Waals surface area contributed by atoms with Gasteiger partial charge in [0.2, 0.25) is 0 Å². The van der Waals surface area contributed by atoms with Crippen molar-refractivity contribution in [1.82, 2.24) is 10.6 Å². The third kappa shape index (κ3) is 12.8. The van der Waals surface area contributed by atoms with Crippen LogP contribution in [0, 0.1) is 0 Å². The first kappa shape index (κ1) is 17.5. The lowest BCUT2D eigenvalue weighted by Crippen LogP contribution is -2.25. The van der Waals surface area contributed by atoms with Gasteiger partial charge >= 0.3 is 12.2 Å². The zero-order chi connectivity index (χ0) is 14.3. The van der Waals surface area contributed by atoms with E-state index in [0.29, 0.717) is 26.3 Å². The van der Waals surface area contributed by atoms with Crippen molar-refractivity contribution in [2.24, 2.45) is 0 Å². The summed E-state index contributed by atoms with van der Waals surface area (Å²) in [6.07, 6.45) is 4.42. The summed E-state index contributed by atoms with van der Waals surface area (Å²) in [5.74, 6) is 0. The molecule has 0 unspecified atom stereocenters. The molecule has 0 atom stereocenters. The van der Waals surface area contributed by atoms with E-state index in [1.165, 1.54) is 0 Å². The van der Waals surface area contributed by atoms with Gasteiger partial charge in [0.1, 0.15) is 0 Å². The van der Waals surface area contributed by atoms with Crippen molar-refractivity contribution in [3.63, 3.8) is 0 Å². The standard InChI is InChI=1S/C13H26N2O4/c1-3-18-12(16)14-10-8-6-5-7-9-11-15-13(17)19-4-2/h3-11H2,1-2H3,(H,14,16)(H,15,17). The molecule has 0 bridgehead atoms. The number of carbonyl (C=O) groups is 2. The largest absolute Gasteiger partial charge is 0.450 e. The van der Waals surface area contributed by atoms with Crippen LogP contribution >= 0.6 is 0 Å². The van der Waals surface area contributed by atoms with E-state index in [-0.39, 0.29) is 12.2 Å². The van der Waals surface area contributed by atoms with E-state index in [0.717, 1.165) is 32.1 Å². The number of alkyl carbamates (subject to hydrolysis) is 2. The quantitative estimate of drug-likeness (QED) is 0.600. The van der Waals surface area contributed by atoms with Gasteiger partial charge in [-0.05, 0) is 26.7 Å². The summed E-state index contributed by atoms with van der Waals surface area (Å²) < 4.78 is 9.48. The summed E-state index contributed by atoms with van der Waals surface area (Å²) in [5, 5.41) is 5.36. The molecule has 0 aromatic carbocycles. The Morgan fingerprint density at radius 1 is 0.737 bits per heavy atom. The molecule has 0 radical (unpaired) electrons. The van der Waals surface area contributed by atoms with Gasteiger partial charge in [0, 0.05) is 13.1 Å². The lowest BCUT2D eigenvalue weighted by molar-refractivity contribution is 0.151. The zero-order valence-corrected chi connectivity index (χ0v) is 12.0. The predicted octanol–water partition coefficient (Wildman–Crippen LogP) is 2.43. The number of amides is 2. The van der Waals surface area contributed by atoms with E-state index in [1.54, 1.807) is 13.8 Å². The molecule has 0 rings (SSSR count). The van der Waals surface area contributed by atoms with Crippen LogP contribution in [0.25, 0.3) is 0 Å². The second kappa shape index (κ2) is 13.0. The van der Waals surface area contributed by atoms with E-state index < -0.39 is 0 Å². The third-order valence-corrected chi connectivity index (χ3v) is 2.44. The Kier molecular flexibility index (Phi) is 12.0. The molecule has 2 N–H and O–H groups in total. The van der Waals surface area contributed by atoms with E-state index >= 15 is 0 Å². The number of unbranched alkanes of at least 4 members (excludes halogenated alkanes) is 4. The minimum atomic E-state index is -0.346. The molecule has 0 saturated heterocycles. The van der Waals surface area contributed by atoms with Gasteiger partial charge < -0.3 is 20.1 Å². The topological polar surface area (TPSA) is 76.7 Å². The highest BCUT2D eigenvalue weighted by Crippen LogP contribution is 2.01. The van der Waals surface area contributed by atoms with Crippen LogP contribution in [0.4, 0.5) is 9.59 Å². The first-order chi connectivity index (χ1) is 9.20. The van der Waals surface area contributed by atoms with Crippen LogP contribution < -0.4 is 10.6 Å². The average Bonchev–Trinajstić information content (AvgIpc) is 2.37. The van der Waals surface area contributed by atoms with Crippen LogP contribution in [0.2, 0.25) is 0 Å². The molecule has 19 heavy (non-hydrogen) atoms.